The molecule has 1 atom stereocenters. The van der Waals surface area contributed by atoms with E-state index >= 15 is 0 Å². The van der Waals surface area contributed by atoms with E-state index in [-0.39, 0.29) is 0 Å². The highest BCUT2D eigenvalue weighted by Gasteiger charge is 2.12. The summed E-state index contributed by atoms with van der Waals surface area (Å²) in [5.74, 6) is 0.735. The van der Waals surface area contributed by atoms with Crippen molar-refractivity contribution >= 4 is 0 Å². The quantitative estimate of drug-likeness (QED) is 0.788. The number of rotatable bonds is 7. The van der Waals surface area contributed by atoms with Gasteiger partial charge in [-0.1, -0.05) is 20.8 Å². The van der Waals surface area contributed by atoms with E-state index in [2.05, 4.69) is 36.1 Å². The minimum Gasteiger partial charge on any atom is -0.309 e. The van der Waals surface area contributed by atoms with Gasteiger partial charge < -0.3 is 5.32 Å². The van der Waals surface area contributed by atoms with E-state index in [1.54, 1.807) is 0 Å². The van der Waals surface area contributed by atoms with E-state index < -0.39 is 0 Å². The van der Waals surface area contributed by atoms with Crippen LogP contribution >= 0.6 is 0 Å². The van der Waals surface area contributed by atoms with Gasteiger partial charge in [-0.15, -0.1) is 0 Å². The molecule has 1 aromatic heterocycles. The lowest BCUT2D eigenvalue weighted by molar-refractivity contribution is 0.433. The van der Waals surface area contributed by atoms with Gasteiger partial charge in [-0.25, -0.2) is 0 Å². The monoisotopic (exact) mass is 235 g/mol. The first kappa shape index (κ1) is 14.1. The summed E-state index contributed by atoms with van der Waals surface area (Å²) in [5.41, 5.74) is 2.05. The van der Waals surface area contributed by atoms with E-state index in [9.17, 15) is 0 Å². The summed E-state index contributed by atoms with van der Waals surface area (Å²) in [5, 5.41) is 3.56. The maximum atomic E-state index is 4.48. The molecule has 0 aromatic carbocycles. The van der Waals surface area contributed by atoms with Gasteiger partial charge in [0.1, 0.15) is 0 Å². The maximum absolute atomic E-state index is 4.48. The molecule has 0 amide bonds. The molecule has 3 heteroatoms. The molecule has 1 aromatic rings. The Labute approximate surface area is 105 Å². The second-order valence-electron chi connectivity index (χ2n) is 5.06. The first-order valence-corrected chi connectivity index (χ1v) is 6.65. The van der Waals surface area contributed by atoms with Crippen molar-refractivity contribution in [2.75, 3.05) is 6.54 Å². The molecule has 1 N–H and O–H groups in total. The maximum Gasteiger partial charge on any atom is 0.0756 e. The SMILES string of the molecule is CCCNC(CCC(C)C)c1cnc(C)cn1. The van der Waals surface area contributed by atoms with Crippen molar-refractivity contribution in [2.24, 2.45) is 5.92 Å². The predicted octanol–water partition coefficient (Wildman–Crippen LogP) is 3.26. The lowest BCUT2D eigenvalue weighted by Crippen LogP contribution is -2.23. The third-order valence-electron chi connectivity index (χ3n) is 2.83. The van der Waals surface area contributed by atoms with Crippen LogP contribution in [0.4, 0.5) is 0 Å². The minimum atomic E-state index is 0.352. The van der Waals surface area contributed by atoms with Gasteiger partial charge >= 0.3 is 0 Å². The van der Waals surface area contributed by atoms with Crippen LogP contribution in [0.15, 0.2) is 12.4 Å². The molecule has 0 bridgehead atoms. The van der Waals surface area contributed by atoms with E-state index in [4.69, 9.17) is 0 Å². The smallest absolute Gasteiger partial charge is 0.0756 e. The van der Waals surface area contributed by atoms with Crippen LogP contribution in [0, 0.1) is 12.8 Å². The Morgan fingerprint density at radius 3 is 2.47 bits per heavy atom. The van der Waals surface area contributed by atoms with Crippen LogP contribution in [-0.4, -0.2) is 16.5 Å². The molecule has 17 heavy (non-hydrogen) atoms. The highest BCUT2D eigenvalue weighted by molar-refractivity contribution is 5.05. The molecule has 0 fully saturated rings. The Bertz CT molecular complexity index is 306. The van der Waals surface area contributed by atoms with Gasteiger partial charge in [0.05, 0.1) is 23.6 Å². The molecule has 1 unspecified atom stereocenters. The van der Waals surface area contributed by atoms with Crippen molar-refractivity contribution < 1.29 is 0 Å². The lowest BCUT2D eigenvalue weighted by Gasteiger charge is -2.18. The van der Waals surface area contributed by atoms with Crippen molar-refractivity contribution in [1.29, 1.82) is 0 Å². The van der Waals surface area contributed by atoms with Gasteiger partial charge in [0, 0.05) is 6.20 Å². The molecule has 1 rings (SSSR count). The van der Waals surface area contributed by atoms with Gasteiger partial charge in [0.2, 0.25) is 0 Å². The summed E-state index contributed by atoms with van der Waals surface area (Å²) in [7, 11) is 0. The van der Waals surface area contributed by atoms with Crippen molar-refractivity contribution in [3.05, 3.63) is 23.8 Å². The van der Waals surface area contributed by atoms with Gasteiger partial charge in [-0.05, 0) is 38.6 Å². The van der Waals surface area contributed by atoms with E-state index in [0.29, 0.717) is 6.04 Å². The number of aryl methyl sites for hydroxylation is 1. The first-order chi connectivity index (χ1) is 8.13. The second-order valence-corrected chi connectivity index (χ2v) is 5.06. The standard InChI is InChI=1S/C14H25N3/c1-5-8-15-13(7-6-11(2)3)14-10-16-12(4)9-17-14/h9-11,13,15H,5-8H2,1-4H3. The molecule has 3 nitrogen and oxygen atoms in total. The molecule has 0 aliphatic rings. The minimum absolute atomic E-state index is 0.352. The van der Waals surface area contributed by atoms with Crippen LogP contribution in [0.3, 0.4) is 0 Å². The summed E-state index contributed by atoms with van der Waals surface area (Å²) >= 11 is 0. The van der Waals surface area contributed by atoms with Crippen LogP contribution in [-0.2, 0) is 0 Å². The molecule has 0 saturated heterocycles. The Morgan fingerprint density at radius 2 is 1.94 bits per heavy atom. The summed E-state index contributed by atoms with van der Waals surface area (Å²) in [6.07, 6.45) is 7.26. The normalized spacial score (nSPS) is 13.0. The summed E-state index contributed by atoms with van der Waals surface area (Å²) < 4.78 is 0. The fourth-order valence-corrected chi connectivity index (χ4v) is 1.76. The van der Waals surface area contributed by atoms with E-state index in [1.165, 1.54) is 6.42 Å². The Morgan fingerprint density at radius 1 is 1.18 bits per heavy atom. The van der Waals surface area contributed by atoms with Crippen molar-refractivity contribution in [3.63, 3.8) is 0 Å². The zero-order valence-electron chi connectivity index (χ0n) is 11.5. The van der Waals surface area contributed by atoms with E-state index in [1.807, 2.05) is 19.3 Å². The third-order valence-corrected chi connectivity index (χ3v) is 2.83. The summed E-state index contributed by atoms with van der Waals surface area (Å²) in [4.78, 5) is 8.82. The molecule has 0 aliphatic heterocycles. The van der Waals surface area contributed by atoms with Crippen molar-refractivity contribution in [3.8, 4) is 0 Å². The zero-order valence-corrected chi connectivity index (χ0v) is 11.5. The molecule has 0 aliphatic carbocycles. The first-order valence-electron chi connectivity index (χ1n) is 6.65. The number of nitrogens with zero attached hydrogens (tertiary/aromatic N) is 2. The molecule has 0 radical (unpaired) electrons. The van der Waals surface area contributed by atoms with E-state index in [0.717, 1.165) is 36.7 Å². The Balaban J connectivity index is 2.63. The van der Waals surface area contributed by atoms with Gasteiger partial charge in [-0.3, -0.25) is 9.97 Å². The number of hydrogen-bond donors (Lipinski definition) is 1. The Hall–Kier alpha value is -0.960. The van der Waals surface area contributed by atoms with Gasteiger partial charge in [0.25, 0.3) is 0 Å². The number of aromatic nitrogens is 2. The van der Waals surface area contributed by atoms with Gasteiger partial charge in [0.15, 0.2) is 0 Å². The molecular weight excluding hydrogens is 210 g/mol. The number of nitrogens with one attached hydrogen (secondary N) is 1. The summed E-state index contributed by atoms with van der Waals surface area (Å²) in [6, 6.07) is 0.352. The molecular formula is C14H25N3. The zero-order chi connectivity index (χ0) is 12.7. The van der Waals surface area contributed by atoms with Crippen LogP contribution in [0.2, 0.25) is 0 Å². The highest BCUT2D eigenvalue weighted by atomic mass is 14.9. The number of hydrogen-bond acceptors (Lipinski definition) is 3. The fraction of sp³-hybridized carbons (Fsp3) is 0.714. The fourth-order valence-electron chi connectivity index (χ4n) is 1.76. The third kappa shape index (κ3) is 5.26. The van der Waals surface area contributed by atoms with Crippen molar-refractivity contribution in [2.45, 2.75) is 53.0 Å². The summed E-state index contributed by atoms with van der Waals surface area (Å²) in [6.45, 7) is 9.72. The molecule has 0 saturated carbocycles. The Kier molecular flexibility index (Phi) is 6.12. The topological polar surface area (TPSA) is 37.8 Å². The molecule has 96 valence electrons. The van der Waals surface area contributed by atoms with Crippen molar-refractivity contribution in [1.82, 2.24) is 15.3 Å². The van der Waals surface area contributed by atoms with Crippen LogP contribution in [0.5, 0.6) is 0 Å². The lowest BCUT2D eigenvalue weighted by atomic mass is 10.0. The second kappa shape index (κ2) is 7.38. The van der Waals surface area contributed by atoms with Crippen LogP contribution < -0.4 is 5.32 Å². The highest BCUT2D eigenvalue weighted by Crippen LogP contribution is 2.18. The molecule has 1 heterocycles. The van der Waals surface area contributed by atoms with Crippen LogP contribution in [0.1, 0.15) is 57.5 Å². The van der Waals surface area contributed by atoms with Gasteiger partial charge in [-0.2, -0.15) is 0 Å². The predicted molar refractivity (Wildman–Crippen MR) is 71.9 cm³/mol. The largest absolute Gasteiger partial charge is 0.309 e. The average molecular weight is 235 g/mol. The average Bonchev–Trinajstić information content (AvgIpc) is 2.30. The van der Waals surface area contributed by atoms with Crippen LogP contribution in [0.25, 0.3) is 0 Å². The molecule has 0 spiro atoms.